The quantitative estimate of drug-likeness (QED) is 0.630. The molecule has 7 nitrogen and oxygen atoms in total. The van der Waals surface area contributed by atoms with E-state index >= 15 is 0 Å². The van der Waals surface area contributed by atoms with E-state index in [9.17, 15) is 4.79 Å². The Labute approximate surface area is 171 Å². The second-order valence-corrected chi connectivity index (χ2v) is 8.02. The van der Waals surface area contributed by atoms with Crippen molar-refractivity contribution < 1.29 is 9.53 Å². The van der Waals surface area contributed by atoms with E-state index in [0.29, 0.717) is 38.6 Å². The number of carbonyl (C=O) groups is 1. The minimum atomic E-state index is 0.128. The van der Waals surface area contributed by atoms with Crippen molar-refractivity contribution >= 4 is 17.7 Å². The molecule has 1 fully saturated rings. The molecule has 152 valence electrons. The van der Waals surface area contributed by atoms with Crippen LogP contribution in [0.25, 0.3) is 0 Å². The lowest BCUT2D eigenvalue weighted by Gasteiger charge is -2.26. The average molecular weight is 404 g/mol. The summed E-state index contributed by atoms with van der Waals surface area (Å²) in [5.41, 5.74) is 1.19. The number of rotatable bonds is 8. The Morgan fingerprint density at radius 1 is 1.21 bits per heavy atom. The van der Waals surface area contributed by atoms with Crippen LogP contribution in [0.2, 0.25) is 0 Å². The van der Waals surface area contributed by atoms with E-state index < -0.39 is 0 Å². The van der Waals surface area contributed by atoms with Gasteiger partial charge in [0.25, 0.3) is 0 Å². The maximum absolute atomic E-state index is 12.5. The number of benzene rings is 1. The second kappa shape index (κ2) is 10.0. The zero-order valence-corrected chi connectivity index (χ0v) is 17.7. The second-order valence-electron chi connectivity index (χ2n) is 7.08. The third-order valence-corrected chi connectivity index (χ3v) is 5.88. The molecule has 8 heteroatoms. The summed E-state index contributed by atoms with van der Waals surface area (Å²) in [5.74, 6) is 1.44. The standard InChI is InChI=1S/C20H29N5O2S/c1-4-17(23(2)3)19-21-22-20(25(19)14-16-8-6-5-7-9-16)28-15-18(26)24-10-12-27-13-11-24/h5-9,17H,4,10-15H2,1-3H3. The van der Waals surface area contributed by atoms with Gasteiger partial charge in [-0.05, 0) is 26.1 Å². The summed E-state index contributed by atoms with van der Waals surface area (Å²) >= 11 is 1.47. The minimum absolute atomic E-state index is 0.128. The van der Waals surface area contributed by atoms with Crippen molar-refractivity contribution in [2.24, 2.45) is 0 Å². The maximum Gasteiger partial charge on any atom is 0.233 e. The smallest absolute Gasteiger partial charge is 0.233 e. The predicted molar refractivity (Wildman–Crippen MR) is 110 cm³/mol. The monoisotopic (exact) mass is 403 g/mol. The molecular formula is C20H29N5O2S. The van der Waals surface area contributed by atoms with Crippen LogP contribution >= 0.6 is 11.8 Å². The highest BCUT2D eigenvalue weighted by Gasteiger charge is 2.24. The van der Waals surface area contributed by atoms with Gasteiger partial charge in [0.15, 0.2) is 11.0 Å². The van der Waals surface area contributed by atoms with Gasteiger partial charge >= 0.3 is 0 Å². The molecule has 1 aromatic carbocycles. The largest absolute Gasteiger partial charge is 0.378 e. The Hall–Kier alpha value is -1.90. The number of amides is 1. The molecule has 1 amide bonds. The molecule has 0 radical (unpaired) electrons. The van der Waals surface area contributed by atoms with E-state index in [4.69, 9.17) is 4.74 Å². The van der Waals surface area contributed by atoms with Crippen LogP contribution in [0.3, 0.4) is 0 Å². The van der Waals surface area contributed by atoms with Crippen molar-refractivity contribution in [3.63, 3.8) is 0 Å². The summed E-state index contributed by atoms with van der Waals surface area (Å²) in [6.07, 6.45) is 0.942. The minimum Gasteiger partial charge on any atom is -0.378 e. The van der Waals surface area contributed by atoms with Crippen molar-refractivity contribution in [1.29, 1.82) is 0 Å². The summed E-state index contributed by atoms with van der Waals surface area (Å²) < 4.78 is 7.48. The van der Waals surface area contributed by atoms with Crippen LogP contribution in [-0.4, -0.2) is 76.6 Å². The van der Waals surface area contributed by atoms with Gasteiger partial charge in [-0.25, -0.2) is 0 Å². The SMILES string of the molecule is CCC(c1nnc(SCC(=O)N2CCOCC2)n1Cc1ccccc1)N(C)C. The van der Waals surface area contributed by atoms with Crippen LogP contribution in [0.15, 0.2) is 35.5 Å². The first kappa shape index (κ1) is 20.8. The Bertz CT molecular complexity index is 759. The van der Waals surface area contributed by atoms with Crippen LogP contribution in [0.4, 0.5) is 0 Å². The number of thioether (sulfide) groups is 1. The van der Waals surface area contributed by atoms with Crippen LogP contribution < -0.4 is 0 Å². The molecule has 1 aliphatic rings. The highest BCUT2D eigenvalue weighted by atomic mass is 32.2. The van der Waals surface area contributed by atoms with E-state index in [1.165, 1.54) is 17.3 Å². The predicted octanol–water partition coefficient (Wildman–Crippen LogP) is 2.29. The molecule has 2 heterocycles. The summed E-state index contributed by atoms with van der Waals surface area (Å²) in [7, 11) is 4.12. The molecule has 28 heavy (non-hydrogen) atoms. The highest BCUT2D eigenvalue weighted by Crippen LogP contribution is 2.26. The number of carbonyl (C=O) groups excluding carboxylic acids is 1. The number of hydrogen-bond donors (Lipinski definition) is 0. The van der Waals surface area contributed by atoms with Crippen LogP contribution in [0.5, 0.6) is 0 Å². The molecule has 0 aliphatic carbocycles. The molecule has 0 saturated carbocycles. The molecule has 1 atom stereocenters. The molecule has 1 aromatic heterocycles. The van der Waals surface area contributed by atoms with E-state index in [2.05, 4.69) is 52.8 Å². The fraction of sp³-hybridized carbons (Fsp3) is 0.550. The van der Waals surface area contributed by atoms with Crippen molar-refractivity contribution in [2.45, 2.75) is 31.1 Å². The third-order valence-electron chi connectivity index (χ3n) is 4.93. The van der Waals surface area contributed by atoms with E-state index in [1.54, 1.807) is 0 Å². The van der Waals surface area contributed by atoms with Crippen LogP contribution in [0.1, 0.15) is 30.8 Å². The zero-order chi connectivity index (χ0) is 19.9. The van der Waals surface area contributed by atoms with Gasteiger partial charge in [-0.3, -0.25) is 9.69 Å². The Morgan fingerprint density at radius 3 is 2.57 bits per heavy atom. The summed E-state index contributed by atoms with van der Waals surface area (Å²) in [5, 5.41) is 9.73. The molecule has 0 bridgehead atoms. The molecule has 1 saturated heterocycles. The number of nitrogens with zero attached hydrogens (tertiary/aromatic N) is 5. The van der Waals surface area contributed by atoms with Gasteiger partial charge < -0.3 is 14.2 Å². The summed E-state index contributed by atoms with van der Waals surface area (Å²) in [6, 6.07) is 10.5. The molecule has 2 aromatic rings. The van der Waals surface area contributed by atoms with Crippen molar-refractivity contribution in [1.82, 2.24) is 24.6 Å². The molecule has 1 aliphatic heterocycles. The Kier molecular flexibility index (Phi) is 7.47. The van der Waals surface area contributed by atoms with Crippen molar-refractivity contribution in [2.75, 3.05) is 46.2 Å². The maximum atomic E-state index is 12.5. The van der Waals surface area contributed by atoms with Gasteiger partial charge in [0.2, 0.25) is 5.91 Å². The van der Waals surface area contributed by atoms with Gasteiger partial charge in [-0.15, -0.1) is 10.2 Å². The lowest BCUT2D eigenvalue weighted by Crippen LogP contribution is -2.41. The first-order valence-corrected chi connectivity index (χ1v) is 10.7. The van der Waals surface area contributed by atoms with Crippen LogP contribution in [-0.2, 0) is 16.1 Å². The summed E-state index contributed by atoms with van der Waals surface area (Å²) in [6.45, 7) is 5.42. The topological polar surface area (TPSA) is 63.5 Å². The fourth-order valence-electron chi connectivity index (χ4n) is 3.38. The Balaban J connectivity index is 1.79. The van der Waals surface area contributed by atoms with E-state index in [-0.39, 0.29) is 11.9 Å². The fourth-order valence-corrected chi connectivity index (χ4v) is 4.22. The molecule has 3 rings (SSSR count). The van der Waals surface area contributed by atoms with Gasteiger partial charge in [0.05, 0.1) is 31.6 Å². The first-order chi connectivity index (χ1) is 13.6. The third kappa shape index (κ3) is 5.12. The lowest BCUT2D eigenvalue weighted by molar-refractivity contribution is -0.132. The highest BCUT2D eigenvalue weighted by molar-refractivity contribution is 7.99. The van der Waals surface area contributed by atoms with E-state index in [1.807, 2.05) is 23.1 Å². The zero-order valence-electron chi connectivity index (χ0n) is 16.9. The van der Waals surface area contributed by atoms with Gasteiger partial charge in [0, 0.05) is 13.1 Å². The number of aromatic nitrogens is 3. The van der Waals surface area contributed by atoms with Crippen molar-refractivity contribution in [3.8, 4) is 0 Å². The lowest BCUT2D eigenvalue weighted by atomic mass is 10.2. The van der Waals surface area contributed by atoms with Gasteiger partial charge in [-0.2, -0.15) is 0 Å². The average Bonchev–Trinajstić information content (AvgIpc) is 3.10. The number of hydrogen-bond acceptors (Lipinski definition) is 6. The normalized spacial score (nSPS) is 15.8. The van der Waals surface area contributed by atoms with Crippen molar-refractivity contribution in [3.05, 3.63) is 41.7 Å². The van der Waals surface area contributed by atoms with Gasteiger partial charge in [0.1, 0.15) is 0 Å². The Morgan fingerprint density at radius 2 is 1.93 bits per heavy atom. The van der Waals surface area contributed by atoms with Crippen LogP contribution in [0, 0.1) is 0 Å². The van der Waals surface area contributed by atoms with E-state index in [0.717, 1.165) is 17.4 Å². The molecule has 0 spiro atoms. The number of morpholine rings is 1. The van der Waals surface area contributed by atoms with Gasteiger partial charge in [-0.1, -0.05) is 49.0 Å². The number of ether oxygens (including phenoxy) is 1. The summed E-state index contributed by atoms with van der Waals surface area (Å²) in [4.78, 5) is 16.6. The first-order valence-electron chi connectivity index (χ1n) is 9.72. The molecule has 1 unspecified atom stereocenters. The molecular weight excluding hydrogens is 374 g/mol. The molecule has 0 N–H and O–H groups in total.